The number of nitriles is 1. The summed E-state index contributed by atoms with van der Waals surface area (Å²) in [6.45, 7) is 6.08. The lowest BCUT2D eigenvalue weighted by Crippen LogP contribution is -2.41. The van der Waals surface area contributed by atoms with Crippen molar-refractivity contribution < 1.29 is 0 Å². The topological polar surface area (TPSA) is 101 Å². The van der Waals surface area contributed by atoms with Crippen LogP contribution in [0.15, 0.2) is 65.2 Å². The zero-order valence-corrected chi connectivity index (χ0v) is 25.5. The molecule has 0 unspecified atom stereocenters. The number of fused-ring (bicyclic) bond motifs is 1. The maximum atomic E-state index is 9.90. The molecule has 1 aliphatic rings. The van der Waals surface area contributed by atoms with E-state index in [1.165, 1.54) is 6.20 Å². The first-order chi connectivity index (χ1) is 19.1. The van der Waals surface area contributed by atoms with E-state index in [1.54, 1.807) is 12.3 Å². The fourth-order valence-electron chi connectivity index (χ4n) is 4.28. The van der Waals surface area contributed by atoms with Crippen molar-refractivity contribution in [3.05, 3.63) is 97.1 Å². The molecular weight excluding hydrogens is 635 g/mol. The van der Waals surface area contributed by atoms with Crippen molar-refractivity contribution in [1.82, 2.24) is 25.9 Å². The lowest BCUT2D eigenvalue weighted by atomic mass is 10.0. The van der Waals surface area contributed by atoms with Crippen molar-refractivity contribution >= 4 is 78.7 Å². The Balaban J connectivity index is 1.62. The molecule has 4 aromatic rings. The summed E-state index contributed by atoms with van der Waals surface area (Å²) >= 11 is 23.2. The Morgan fingerprint density at radius 3 is 2.50 bits per heavy atom. The second kappa shape index (κ2) is 11.7. The number of hydrazine groups is 2. The van der Waals surface area contributed by atoms with Crippen molar-refractivity contribution in [3.63, 3.8) is 0 Å². The molecule has 0 bridgehead atoms. The first kappa shape index (κ1) is 28.3. The quantitative estimate of drug-likeness (QED) is 0.148. The number of aromatic nitrogens is 2. The van der Waals surface area contributed by atoms with Gasteiger partial charge in [-0.15, -0.1) is 5.53 Å². The van der Waals surface area contributed by atoms with Crippen LogP contribution in [0.3, 0.4) is 0 Å². The summed E-state index contributed by atoms with van der Waals surface area (Å²) in [4.78, 5) is 8.80. The lowest BCUT2D eigenvalue weighted by Gasteiger charge is -2.23. The molecule has 3 heterocycles. The van der Waals surface area contributed by atoms with Gasteiger partial charge in [0.2, 0.25) is 0 Å². The van der Waals surface area contributed by atoms with E-state index in [1.807, 2.05) is 48.5 Å². The number of nitrogens with zero attached hydrogens (tertiary/aromatic N) is 4. The molecule has 0 saturated heterocycles. The molecule has 0 fully saturated rings. The summed E-state index contributed by atoms with van der Waals surface area (Å²) in [7, 11) is 0. The molecule has 40 heavy (non-hydrogen) atoms. The molecule has 204 valence electrons. The third-order valence-electron chi connectivity index (χ3n) is 6.42. The van der Waals surface area contributed by atoms with Crippen molar-refractivity contribution in [2.75, 3.05) is 10.6 Å². The average Bonchev–Trinajstić information content (AvgIpc) is 3.42. The summed E-state index contributed by atoms with van der Waals surface area (Å²) in [5.41, 5.74) is 11.8. The standard InChI is InChI=1S/C28H24BrCl3N8/c1-14(2)40-13-24(38-39-40)27(21-6-17(29)12-35-28(21)32)37-19-7-20-25(36-18-5-4-15(3)22(30)8-18)16(10-33)11-34-26(20)23(31)9-19/h4-9,11-14,27,37-39H,1-3H3,(H,34,36)/t27-/m0/s1. The number of rotatable bonds is 7. The number of aryl methyl sites for hydroxylation is 1. The van der Waals surface area contributed by atoms with Gasteiger partial charge in [0.15, 0.2) is 0 Å². The van der Waals surface area contributed by atoms with E-state index in [0.29, 0.717) is 43.0 Å². The number of benzene rings is 2. The van der Waals surface area contributed by atoms with E-state index in [0.717, 1.165) is 27.0 Å². The molecule has 12 heteroatoms. The first-order valence-electron chi connectivity index (χ1n) is 12.3. The van der Waals surface area contributed by atoms with Crippen LogP contribution in [0.2, 0.25) is 15.2 Å². The molecule has 0 aliphatic carbocycles. The van der Waals surface area contributed by atoms with Gasteiger partial charge in [0.05, 0.1) is 33.5 Å². The highest BCUT2D eigenvalue weighted by Gasteiger charge is 2.26. The van der Waals surface area contributed by atoms with Gasteiger partial charge < -0.3 is 16.1 Å². The van der Waals surface area contributed by atoms with Crippen molar-refractivity contribution in [2.24, 2.45) is 0 Å². The Bertz CT molecular complexity index is 1680. The normalized spacial score (nSPS) is 13.7. The van der Waals surface area contributed by atoms with E-state index >= 15 is 0 Å². The number of halogens is 4. The van der Waals surface area contributed by atoms with Crippen LogP contribution in [0.4, 0.5) is 17.1 Å². The number of anilines is 3. The molecule has 0 saturated carbocycles. The van der Waals surface area contributed by atoms with Crippen molar-refractivity contribution in [2.45, 2.75) is 32.9 Å². The fourth-order valence-corrected chi connectivity index (χ4v) is 5.29. The number of hydrogen-bond donors (Lipinski definition) is 4. The Labute approximate surface area is 255 Å². The largest absolute Gasteiger partial charge is 0.373 e. The van der Waals surface area contributed by atoms with Gasteiger partial charge in [0.25, 0.3) is 0 Å². The van der Waals surface area contributed by atoms with E-state index in [2.05, 4.69) is 67.4 Å². The molecule has 2 aromatic heterocycles. The van der Waals surface area contributed by atoms with Crippen molar-refractivity contribution in [1.29, 1.82) is 5.26 Å². The highest BCUT2D eigenvalue weighted by atomic mass is 79.9. The fraction of sp³-hybridized carbons (Fsp3) is 0.179. The van der Waals surface area contributed by atoms with Crippen LogP contribution in [0, 0.1) is 18.3 Å². The lowest BCUT2D eigenvalue weighted by molar-refractivity contribution is 0.221. The van der Waals surface area contributed by atoms with E-state index in [-0.39, 0.29) is 6.04 Å². The van der Waals surface area contributed by atoms with Gasteiger partial charge in [0.1, 0.15) is 11.2 Å². The minimum atomic E-state index is -0.429. The average molecular weight is 659 g/mol. The molecule has 4 N–H and O–H groups in total. The number of nitrogens with one attached hydrogen (secondary N) is 4. The summed E-state index contributed by atoms with van der Waals surface area (Å²) in [6.07, 6.45) is 5.13. The molecule has 2 aromatic carbocycles. The second-order valence-electron chi connectivity index (χ2n) is 9.54. The Morgan fingerprint density at radius 2 is 1.80 bits per heavy atom. The minimum absolute atomic E-state index is 0.205. The van der Waals surface area contributed by atoms with Crippen LogP contribution in [0.1, 0.15) is 36.6 Å². The van der Waals surface area contributed by atoms with Crippen LogP contribution in [-0.2, 0) is 0 Å². The Morgan fingerprint density at radius 1 is 1.02 bits per heavy atom. The van der Waals surface area contributed by atoms with E-state index in [9.17, 15) is 5.26 Å². The zero-order chi connectivity index (χ0) is 28.6. The van der Waals surface area contributed by atoms with E-state index in [4.69, 9.17) is 34.8 Å². The predicted molar refractivity (Wildman–Crippen MR) is 166 cm³/mol. The van der Waals surface area contributed by atoms with Gasteiger partial charge in [0, 0.05) is 56.5 Å². The molecule has 0 amide bonds. The molecule has 1 aliphatic heterocycles. The summed E-state index contributed by atoms with van der Waals surface area (Å²) in [5, 5.41) is 20.8. The van der Waals surface area contributed by atoms with Crippen LogP contribution in [-0.4, -0.2) is 21.0 Å². The van der Waals surface area contributed by atoms with Crippen LogP contribution in [0.5, 0.6) is 0 Å². The van der Waals surface area contributed by atoms with Gasteiger partial charge in [-0.05, 0) is 72.6 Å². The molecular formula is C28H24BrCl3N8. The molecule has 5 rings (SSSR count). The summed E-state index contributed by atoms with van der Waals surface area (Å²) in [6, 6.07) is 13.3. The van der Waals surface area contributed by atoms with Gasteiger partial charge in [-0.2, -0.15) is 5.26 Å². The van der Waals surface area contributed by atoms with Crippen LogP contribution in [0.25, 0.3) is 10.9 Å². The predicted octanol–water partition coefficient (Wildman–Crippen LogP) is 8.00. The number of pyridine rings is 2. The summed E-state index contributed by atoms with van der Waals surface area (Å²) < 4.78 is 0.786. The third kappa shape index (κ3) is 5.78. The van der Waals surface area contributed by atoms with Crippen molar-refractivity contribution in [3.8, 4) is 6.07 Å². The smallest absolute Gasteiger partial charge is 0.134 e. The third-order valence-corrected chi connectivity index (χ3v) is 7.86. The Hall–Kier alpha value is -3.26. The highest BCUT2D eigenvalue weighted by Crippen LogP contribution is 2.38. The maximum Gasteiger partial charge on any atom is 0.134 e. The minimum Gasteiger partial charge on any atom is -0.373 e. The highest BCUT2D eigenvalue weighted by molar-refractivity contribution is 9.10. The van der Waals surface area contributed by atoms with Gasteiger partial charge in [-0.25, -0.2) is 4.98 Å². The SMILES string of the molecule is Cc1ccc(Nc2c(C#N)cnc3c(Cl)cc(N[C@H](C4=CN(C(C)C)NN4)c4cc(Br)cnc4Cl)cc23)cc1Cl. The van der Waals surface area contributed by atoms with E-state index < -0.39 is 6.04 Å². The maximum absolute atomic E-state index is 9.90. The van der Waals surface area contributed by atoms with Crippen LogP contribution < -0.4 is 21.6 Å². The first-order valence-corrected chi connectivity index (χ1v) is 14.2. The monoisotopic (exact) mass is 656 g/mol. The Kier molecular flexibility index (Phi) is 8.26. The molecule has 1 atom stereocenters. The summed E-state index contributed by atoms with van der Waals surface area (Å²) in [5.74, 6) is 0. The number of hydrogen-bond acceptors (Lipinski definition) is 8. The van der Waals surface area contributed by atoms with Gasteiger partial charge in [-0.3, -0.25) is 9.99 Å². The van der Waals surface area contributed by atoms with Gasteiger partial charge >= 0.3 is 0 Å². The van der Waals surface area contributed by atoms with Crippen LogP contribution >= 0.6 is 50.7 Å². The van der Waals surface area contributed by atoms with Gasteiger partial charge in [-0.1, -0.05) is 40.9 Å². The second-order valence-corrected chi connectivity index (χ2v) is 11.6. The molecule has 0 spiro atoms. The molecule has 8 nitrogen and oxygen atoms in total. The molecule has 0 radical (unpaired) electrons. The zero-order valence-electron chi connectivity index (χ0n) is 21.7.